The van der Waals surface area contributed by atoms with Crippen LogP contribution in [-0.2, 0) is 33.2 Å². The Labute approximate surface area is 149 Å². The summed E-state index contributed by atoms with van der Waals surface area (Å²) in [6, 6.07) is 0. The average Bonchev–Trinajstić information content (AvgIpc) is 2.60. The molecule has 9 nitrogen and oxygen atoms in total. The van der Waals surface area contributed by atoms with Gasteiger partial charge in [-0.3, -0.25) is 0 Å². The fourth-order valence-corrected chi connectivity index (χ4v) is 1.53. The number of carboxylic acid groups (broad SMARTS) is 1. The molecule has 1 N–H and O–H groups in total. The lowest BCUT2D eigenvalue weighted by atomic mass is 10.5. The Morgan fingerprint density at radius 2 is 0.840 bits per heavy atom. The first kappa shape index (κ1) is 24.0. The van der Waals surface area contributed by atoms with Gasteiger partial charge in [0.1, 0.15) is 6.61 Å². The average molecular weight is 368 g/mol. The maximum Gasteiger partial charge on any atom is 0.505 e. The second-order valence-corrected chi connectivity index (χ2v) is 4.79. The molecular formula is C16H32O9. The quantitative estimate of drug-likeness (QED) is 0.251. The third-order valence-corrected chi connectivity index (χ3v) is 2.66. The van der Waals surface area contributed by atoms with Crippen molar-refractivity contribution in [2.75, 3.05) is 85.9 Å². The highest BCUT2D eigenvalue weighted by atomic mass is 16.7. The van der Waals surface area contributed by atoms with Crippen molar-refractivity contribution < 1.29 is 43.1 Å². The van der Waals surface area contributed by atoms with Crippen molar-refractivity contribution >= 4 is 6.16 Å². The van der Waals surface area contributed by atoms with Crippen LogP contribution in [0.5, 0.6) is 0 Å². The Hall–Kier alpha value is -0.970. The predicted molar refractivity (Wildman–Crippen MR) is 89.2 cm³/mol. The Morgan fingerprint density at radius 3 is 1.12 bits per heavy atom. The first-order valence-electron chi connectivity index (χ1n) is 8.59. The fraction of sp³-hybridized carbons (Fsp3) is 0.938. The highest BCUT2D eigenvalue weighted by molar-refractivity contribution is 5.56. The molecular weight excluding hydrogens is 336 g/mol. The third-order valence-electron chi connectivity index (χ3n) is 2.66. The summed E-state index contributed by atoms with van der Waals surface area (Å²) in [6.07, 6.45) is -0.281. The van der Waals surface area contributed by atoms with E-state index in [0.29, 0.717) is 66.1 Å². The van der Waals surface area contributed by atoms with Crippen molar-refractivity contribution in [3.8, 4) is 0 Å². The summed E-state index contributed by atoms with van der Waals surface area (Å²) in [4.78, 5) is 10.1. The molecule has 0 saturated carbocycles. The van der Waals surface area contributed by atoms with Gasteiger partial charge in [-0.25, -0.2) is 4.79 Å². The lowest BCUT2D eigenvalue weighted by Gasteiger charge is -2.08. The van der Waals surface area contributed by atoms with Gasteiger partial charge in [-0.1, -0.05) is 6.92 Å². The first-order chi connectivity index (χ1) is 12.3. The standard InChI is InChI=1S/C16H32O9/c1-2-3-19-4-5-20-6-7-21-8-9-22-10-11-23-12-13-24-14-15-25-16(17)18/h2-15H2,1H3,(H,17,18). The molecule has 0 aromatic carbocycles. The van der Waals surface area contributed by atoms with Crippen LogP contribution in [-0.4, -0.2) is 97.2 Å². The summed E-state index contributed by atoms with van der Waals surface area (Å²) in [5.74, 6) is 0. The molecule has 0 fully saturated rings. The van der Waals surface area contributed by atoms with Crippen molar-refractivity contribution in [2.45, 2.75) is 13.3 Å². The lowest BCUT2D eigenvalue weighted by Crippen LogP contribution is -2.15. The van der Waals surface area contributed by atoms with Crippen molar-refractivity contribution in [1.29, 1.82) is 0 Å². The molecule has 0 aliphatic heterocycles. The van der Waals surface area contributed by atoms with Crippen LogP contribution in [0.4, 0.5) is 4.79 Å². The molecule has 25 heavy (non-hydrogen) atoms. The fourth-order valence-electron chi connectivity index (χ4n) is 1.53. The zero-order chi connectivity index (χ0) is 18.4. The second kappa shape index (κ2) is 21.1. The Balaban J connectivity index is 2.97. The molecule has 9 heteroatoms. The van der Waals surface area contributed by atoms with Crippen LogP contribution in [0.2, 0.25) is 0 Å². The van der Waals surface area contributed by atoms with E-state index in [1.807, 2.05) is 0 Å². The van der Waals surface area contributed by atoms with E-state index in [1.54, 1.807) is 0 Å². The Morgan fingerprint density at radius 1 is 0.560 bits per heavy atom. The molecule has 0 aromatic rings. The van der Waals surface area contributed by atoms with Crippen molar-refractivity contribution in [3.63, 3.8) is 0 Å². The van der Waals surface area contributed by atoms with Gasteiger partial charge in [0.15, 0.2) is 0 Å². The minimum atomic E-state index is -1.30. The van der Waals surface area contributed by atoms with Gasteiger partial charge in [-0.15, -0.1) is 0 Å². The molecule has 0 unspecified atom stereocenters. The highest BCUT2D eigenvalue weighted by Gasteiger charge is 1.96. The van der Waals surface area contributed by atoms with E-state index in [1.165, 1.54) is 0 Å². The van der Waals surface area contributed by atoms with Crippen molar-refractivity contribution in [1.82, 2.24) is 0 Å². The van der Waals surface area contributed by atoms with E-state index in [-0.39, 0.29) is 13.2 Å². The molecule has 0 atom stereocenters. The smallest absolute Gasteiger partial charge is 0.450 e. The topological polar surface area (TPSA) is 102 Å². The number of hydrogen-bond acceptors (Lipinski definition) is 8. The van der Waals surface area contributed by atoms with Gasteiger partial charge in [0.2, 0.25) is 0 Å². The minimum absolute atomic E-state index is 0.0239. The van der Waals surface area contributed by atoms with Gasteiger partial charge in [0.05, 0.1) is 72.7 Å². The van der Waals surface area contributed by atoms with E-state index in [2.05, 4.69) is 11.7 Å². The summed E-state index contributed by atoms with van der Waals surface area (Å²) in [5, 5.41) is 8.23. The zero-order valence-corrected chi connectivity index (χ0v) is 15.1. The third kappa shape index (κ3) is 23.0. The van der Waals surface area contributed by atoms with Crippen LogP contribution >= 0.6 is 0 Å². The molecule has 0 saturated heterocycles. The van der Waals surface area contributed by atoms with Crippen molar-refractivity contribution in [3.05, 3.63) is 0 Å². The van der Waals surface area contributed by atoms with E-state index in [9.17, 15) is 4.79 Å². The summed E-state index contributed by atoms with van der Waals surface area (Å²) in [7, 11) is 0. The van der Waals surface area contributed by atoms with Crippen LogP contribution in [0.3, 0.4) is 0 Å². The Bertz CT molecular complexity index is 276. The number of hydrogen-bond donors (Lipinski definition) is 1. The van der Waals surface area contributed by atoms with Gasteiger partial charge in [0.25, 0.3) is 0 Å². The Kier molecular flexibility index (Phi) is 20.3. The summed E-state index contributed by atoms with van der Waals surface area (Å²) < 4.78 is 36.0. The second-order valence-electron chi connectivity index (χ2n) is 4.79. The van der Waals surface area contributed by atoms with Crippen LogP contribution in [0.15, 0.2) is 0 Å². The molecule has 150 valence electrons. The zero-order valence-electron chi connectivity index (χ0n) is 15.1. The highest BCUT2D eigenvalue weighted by Crippen LogP contribution is 1.85. The van der Waals surface area contributed by atoms with E-state index in [0.717, 1.165) is 13.0 Å². The van der Waals surface area contributed by atoms with Gasteiger partial charge < -0.3 is 38.3 Å². The normalized spacial score (nSPS) is 10.9. The van der Waals surface area contributed by atoms with Gasteiger partial charge in [-0.2, -0.15) is 0 Å². The summed E-state index contributed by atoms with van der Waals surface area (Å²) in [6.45, 7) is 8.17. The monoisotopic (exact) mass is 368 g/mol. The molecule has 0 aliphatic carbocycles. The van der Waals surface area contributed by atoms with Crippen LogP contribution in [0.25, 0.3) is 0 Å². The van der Waals surface area contributed by atoms with Gasteiger partial charge in [-0.05, 0) is 6.42 Å². The largest absolute Gasteiger partial charge is 0.505 e. The first-order valence-corrected chi connectivity index (χ1v) is 8.59. The lowest BCUT2D eigenvalue weighted by molar-refractivity contribution is -0.0193. The number of rotatable bonds is 20. The SMILES string of the molecule is CCCOCCOCCOCCOCCOCCOCCOC(=O)O. The maximum atomic E-state index is 10.1. The number of carbonyl (C=O) groups is 1. The molecule has 0 spiro atoms. The van der Waals surface area contributed by atoms with E-state index >= 15 is 0 Å². The molecule has 0 rings (SSSR count). The van der Waals surface area contributed by atoms with Crippen LogP contribution < -0.4 is 0 Å². The van der Waals surface area contributed by atoms with Crippen LogP contribution in [0.1, 0.15) is 13.3 Å². The number of ether oxygens (including phenoxy) is 7. The van der Waals surface area contributed by atoms with E-state index < -0.39 is 6.16 Å². The van der Waals surface area contributed by atoms with Crippen LogP contribution in [0, 0.1) is 0 Å². The van der Waals surface area contributed by atoms with Crippen molar-refractivity contribution in [2.24, 2.45) is 0 Å². The van der Waals surface area contributed by atoms with Gasteiger partial charge in [0, 0.05) is 6.61 Å². The van der Waals surface area contributed by atoms with Gasteiger partial charge >= 0.3 is 6.16 Å². The summed E-state index contributed by atoms with van der Waals surface area (Å²) in [5.41, 5.74) is 0. The molecule has 0 bridgehead atoms. The van der Waals surface area contributed by atoms with E-state index in [4.69, 9.17) is 33.5 Å². The molecule has 0 amide bonds. The predicted octanol–water partition coefficient (Wildman–Crippen LogP) is 1.19. The minimum Gasteiger partial charge on any atom is -0.450 e. The molecule has 0 aromatic heterocycles. The summed E-state index contributed by atoms with van der Waals surface area (Å²) >= 11 is 0. The molecule has 0 aliphatic rings. The maximum absolute atomic E-state index is 10.1. The molecule has 0 heterocycles. The molecule has 0 radical (unpaired) electrons.